The van der Waals surface area contributed by atoms with Crippen LogP contribution in [0.15, 0.2) is 29.1 Å². The number of rotatable bonds is 1. The van der Waals surface area contributed by atoms with Gasteiger partial charge in [0.15, 0.2) is 5.76 Å². The maximum atomic E-state index is 13.2. The molecule has 2 atom stereocenters. The summed E-state index contributed by atoms with van der Waals surface area (Å²) in [4.78, 5) is 19.6. The van der Waals surface area contributed by atoms with E-state index in [1.807, 2.05) is 4.90 Å². The lowest BCUT2D eigenvalue weighted by Crippen LogP contribution is -2.61. The third-order valence-electron chi connectivity index (χ3n) is 6.59. The number of aromatic nitrogens is 3. The van der Waals surface area contributed by atoms with Crippen LogP contribution in [-0.2, 0) is 5.54 Å². The van der Waals surface area contributed by atoms with Crippen molar-refractivity contribution in [3.8, 4) is 0 Å². The van der Waals surface area contributed by atoms with Crippen LogP contribution in [0.1, 0.15) is 68.3 Å². The molecule has 1 spiro atoms. The molecule has 5 rings (SSSR count). The van der Waals surface area contributed by atoms with Gasteiger partial charge in [-0.25, -0.2) is 4.68 Å². The second-order valence-corrected chi connectivity index (χ2v) is 7.75. The van der Waals surface area contributed by atoms with Gasteiger partial charge in [0.25, 0.3) is 5.91 Å². The fourth-order valence-corrected chi connectivity index (χ4v) is 5.57. The van der Waals surface area contributed by atoms with Crippen molar-refractivity contribution in [2.45, 2.75) is 69.4 Å². The molecular weight excluding hydrogens is 316 g/mol. The Balaban J connectivity index is 1.65. The summed E-state index contributed by atoms with van der Waals surface area (Å²) in [6, 6.07) is 3.72. The Morgan fingerprint density at radius 1 is 1.16 bits per heavy atom. The smallest absolute Gasteiger partial charge is 0.296 e. The van der Waals surface area contributed by atoms with Gasteiger partial charge < -0.3 is 4.42 Å². The Bertz CT molecular complexity index is 760. The third kappa shape index (κ3) is 2.12. The predicted octanol–water partition coefficient (Wildman–Crippen LogP) is 3.75. The van der Waals surface area contributed by atoms with E-state index in [2.05, 4.69) is 14.8 Å². The van der Waals surface area contributed by atoms with Gasteiger partial charge in [-0.1, -0.05) is 32.1 Å². The monoisotopic (exact) mass is 340 g/mol. The number of hydrogen-bond donors (Lipinski definition) is 0. The highest BCUT2D eigenvalue weighted by Gasteiger charge is 2.54. The maximum absolute atomic E-state index is 13.2. The molecular formula is C19H24N4O2. The molecule has 0 unspecified atom stereocenters. The number of carbonyl (C=O) groups is 1. The van der Waals surface area contributed by atoms with Crippen LogP contribution >= 0.6 is 0 Å². The van der Waals surface area contributed by atoms with E-state index in [1.165, 1.54) is 38.5 Å². The van der Waals surface area contributed by atoms with E-state index < -0.39 is 0 Å². The zero-order chi connectivity index (χ0) is 16.9. The number of amides is 1. The van der Waals surface area contributed by atoms with Crippen LogP contribution in [0.4, 0.5) is 5.95 Å². The van der Waals surface area contributed by atoms with Crippen LogP contribution in [0, 0.1) is 5.92 Å². The summed E-state index contributed by atoms with van der Waals surface area (Å²) in [5, 5.41) is 4.62. The maximum Gasteiger partial charge on any atom is 0.296 e. The molecule has 3 heterocycles. The molecule has 2 saturated carbocycles. The van der Waals surface area contributed by atoms with Gasteiger partial charge in [-0.05, 0) is 37.8 Å². The molecule has 0 N–H and O–H groups in total. The summed E-state index contributed by atoms with van der Waals surface area (Å²) in [6.07, 6.45) is 13.9. The normalized spacial score (nSPS) is 27.8. The number of carbonyl (C=O) groups excluding carboxylic acids is 1. The zero-order valence-corrected chi connectivity index (χ0v) is 14.4. The topological polar surface area (TPSA) is 64.2 Å². The average Bonchev–Trinajstić information content (AvgIpc) is 3.35. The van der Waals surface area contributed by atoms with Crippen LogP contribution in [0.2, 0.25) is 0 Å². The molecule has 0 radical (unpaired) electrons. The van der Waals surface area contributed by atoms with E-state index >= 15 is 0 Å². The minimum Gasteiger partial charge on any atom is -0.459 e. The number of fused-ring (bicyclic) bond motifs is 4. The molecule has 2 aromatic rings. The summed E-state index contributed by atoms with van der Waals surface area (Å²) in [5.41, 5.74) is 0.0507. The molecule has 2 aliphatic carbocycles. The molecule has 0 saturated heterocycles. The van der Waals surface area contributed by atoms with E-state index in [-0.39, 0.29) is 17.5 Å². The minimum absolute atomic E-state index is 0.0507. The van der Waals surface area contributed by atoms with Crippen molar-refractivity contribution in [3.63, 3.8) is 0 Å². The van der Waals surface area contributed by atoms with Gasteiger partial charge >= 0.3 is 0 Å². The van der Waals surface area contributed by atoms with Gasteiger partial charge in [0.05, 0.1) is 11.8 Å². The highest BCUT2D eigenvalue weighted by Crippen LogP contribution is 2.52. The molecule has 25 heavy (non-hydrogen) atoms. The SMILES string of the molecule is O=C(c1ccco1)N1c2ncnn2C2(CCCCC2)[C@@H]2CCCC[C@@H]21. The lowest BCUT2D eigenvalue weighted by molar-refractivity contribution is 0.0308. The van der Waals surface area contributed by atoms with Crippen LogP contribution < -0.4 is 4.90 Å². The van der Waals surface area contributed by atoms with Gasteiger partial charge in [-0.3, -0.25) is 9.69 Å². The summed E-state index contributed by atoms with van der Waals surface area (Å²) in [5.74, 6) is 1.49. The largest absolute Gasteiger partial charge is 0.459 e. The molecule has 1 amide bonds. The van der Waals surface area contributed by atoms with Crippen LogP contribution in [0.5, 0.6) is 0 Å². The van der Waals surface area contributed by atoms with Crippen LogP contribution in [0.3, 0.4) is 0 Å². The van der Waals surface area contributed by atoms with Gasteiger partial charge in [-0.2, -0.15) is 10.1 Å². The predicted molar refractivity (Wildman–Crippen MR) is 92.3 cm³/mol. The first kappa shape index (κ1) is 15.2. The van der Waals surface area contributed by atoms with E-state index in [0.717, 1.165) is 19.3 Å². The molecule has 0 bridgehead atoms. The van der Waals surface area contributed by atoms with Gasteiger partial charge in [-0.15, -0.1) is 0 Å². The van der Waals surface area contributed by atoms with E-state index in [0.29, 0.717) is 17.6 Å². The summed E-state index contributed by atoms with van der Waals surface area (Å²) < 4.78 is 7.50. The van der Waals surface area contributed by atoms with Gasteiger partial charge in [0, 0.05) is 12.0 Å². The second-order valence-electron chi connectivity index (χ2n) is 7.75. The molecule has 3 aliphatic rings. The Hall–Kier alpha value is -2.11. The average molecular weight is 340 g/mol. The number of hydrogen-bond acceptors (Lipinski definition) is 4. The zero-order valence-electron chi connectivity index (χ0n) is 14.4. The van der Waals surface area contributed by atoms with E-state index in [1.54, 1.807) is 24.7 Å². The number of anilines is 1. The Morgan fingerprint density at radius 3 is 2.80 bits per heavy atom. The van der Waals surface area contributed by atoms with Crippen molar-refractivity contribution in [3.05, 3.63) is 30.5 Å². The molecule has 6 heteroatoms. The molecule has 1 aliphatic heterocycles. The van der Waals surface area contributed by atoms with E-state index in [4.69, 9.17) is 4.42 Å². The molecule has 132 valence electrons. The standard InChI is InChI=1S/C19H24N4O2/c24-17(16-9-6-12-25-16)22-15-8-3-2-7-14(15)19(10-4-1-5-11-19)23-18(22)20-13-21-23/h6,9,12-15H,1-5,7-8,10-11H2/t14-,15+/m1/s1. The summed E-state index contributed by atoms with van der Waals surface area (Å²) in [7, 11) is 0. The first-order valence-corrected chi connectivity index (χ1v) is 9.59. The second kappa shape index (κ2) is 5.71. The molecule has 6 nitrogen and oxygen atoms in total. The third-order valence-corrected chi connectivity index (χ3v) is 6.59. The fraction of sp³-hybridized carbons (Fsp3) is 0.632. The van der Waals surface area contributed by atoms with Crippen molar-refractivity contribution in [2.24, 2.45) is 5.92 Å². The highest BCUT2D eigenvalue weighted by molar-refractivity contribution is 6.03. The summed E-state index contributed by atoms with van der Waals surface area (Å²) in [6.45, 7) is 0. The lowest BCUT2D eigenvalue weighted by atomic mass is 9.64. The molecule has 2 fully saturated rings. The summed E-state index contributed by atoms with van der Waals surface area (Å²) >= 11 is 0. The van der Waals surface area contributed by atoms with Crippen molar-refractivity contribution >= 4 is 11.9 Å². The molecule has 0 aromatic carbocycles. The van der Waals surface area contributed by atoms with Crippen molar-refractivity contribution < 1.29 is 9.21 Å². The first-order chi connectivity index (χ1) is 12.3. The highest BCUT2D eigenvalue weighted by atomic mass is 16.3. The lowest BCUT2D eigenvalue weighted by Gasteiger charge is -2.55. The molecule has 2 aromatic heterocycles. The number of furan rings is 1. The van der Waals surface area contributed by atoms with Gasteiger partial charge in [0.2, 0.25) is 5.95 Å². The van der Waals surface area contributed by atoms with Crippen LogP contribution in [-0.4, -0.2) is 26.7 Å². The van der Waals surface area contributed by atoms with Crippen molar-refractivity contribution in [2.75, 3.05) is 4.90 Å². The Kier molecular flexibility index (Phi) is 3.47. The van der Waals surface area contributed by atoms with Crippen LogP contribution in [0.25, 0.3) is 0 Å². The van der Waals surface area contributed by atoms with Crippen molar-refractivity contribution in [1.29, 1.82) is 0 Å². The van der Waals surface area contributed by atoms with Gasteiger partial charge in [0.1, 0.15) is 6.33 Å². The quantitative estimate of drug-likeness (QED) is 0.793. The fourth-order valence-electron chi connectivity index (χ4n) is 5.57. The first-order valence-electron chi connectivity index (χ1n) is 9.59. The minimum atomic E-state index is -0.0817. The van der Waals surface area contributed by atoms with E-state index in [9.17, 15) is 4.79 Å². The Morgan fingerprint density at radius 2 is 2.00 bits per heavy atom. The number of nitrogens with zero attached hydrogens (tertiary/aromatic N) is 4. The van der Waals surface area contributed by atoms with Crippen molar-refractivity contribution in [1.82, 2.24) is 14.8 Å². The Labute approximate surface area is 147 Å².